The maximum absolute atomic E-state index is 15.7. The molecule has 0 atom stereocenters. The molecule has 1 aliphatic carbocycles. The number of halogens is 1. The minimum absolute atomic E-state index is 0.199. The van der Waals surface area contributed by atoms with Crippen molar-refractivity contribution in [3.8, 4) is 11.1 Å². The molecule has 42 heavy (non-hydrogen) atoms. The number of unbranched alkanes of at least 4 members (excludes halogenated alkanes) is 1. The molecular weight excluding hydrogens is 535 g/mol. The normalized spacial score (nSPS) is 20.2. The van der Waals surface area contributed by atoms with Crippen molar-refractivity contribution in [1.82, 2.24) is 24.3 Å². The molecule has 9 nitrogen and oxygen atoms in total. The summed E-state index contributed by atoms with van der Waals surface area (Å²) in [6.07, 6.45) is 8.61. The number of benzene rings is 1. The fraction of sp³-hybridized carbons (Fsp3) is 0.594. The number of carbonyl (C=O) groups excluding carboxylic acids is 1. The van der Waals surface area contributed by atoms with E-state index in [4.69, 9.17) is 9.72 Å². The van der Waals surface area contributed by atoms with E-state index in [-0.39, 0.29) is 24.1 Å². The third-order valence-electron chi connectivity index (χ3n) is 8.20. The first-order valence-electron chi connectivity index (χ1n) is 15.4. The van der Waals surface area contributed by atoms with Gasteiger partial charge in [0, 0.05) is 74.2 Å². The Morgan fingerprint density at radius 2 is 1.86 bits per heavy atom. The Balaban J connectivity index is 1.33. The highest BCUT2D eigenvalue weighted by molar-refractivity contribution is 5.94. The van der Waals surface area contributed by atoms with E-state index in [0.29, 0.717) is 44.2 Å². The van der Waals surface area contributed by atoms with Crippen molar-refractivity contribution in [2.24, 2.45) is 0 Å². The van der Waals surface area contributed by atoms with E-state index >= 15 is 4.39 Å². The molecule has 2 aromatic heterocycles. The van der Waals surface area contributed by atoms with E-state index in [1.54, 1.807) is 17.2 Å². The number of ether oxygens (including phenoxy) is 1. The van der Waals surface area contributed by atoms with Gasteiger partial charge in [0.15, 0.2) is 0 Å². The number of carbonyl (C=O) groups is 1. The Labute approximate surface area is 248 Å². The zero-order valence-corrected chi connectivity index (χ0v) is 25.4. The van der Waals surface area contributed by atoms with E-state index in [9.17, 15) is 9.90 Å². The zero-order chi connectivity index (χ0) is 29.9. The summed E-state index contributed by atoms with van der Waals surface area (Å²) in [6, 6.07) is 5.67. The number of piperazine rings is 1. The Kier molecular flexibility index (Phi) is 9.32. The van der Waals surface area contributed by atoms with Gasteiger partial charge in [-0.05, 0) is 64.5 Å². The van der Waals surface area contributed by atoms with E-state index < -0.39 is 5.60 Å². The van der Waals surface area contributed by atoms with Crippen LogP contribution >= 0.6 is 0 Å². The van der Waals surface area contributed by atoms with Gasteiger partial charge in [-0.1, -0.05) is 25.5 Å². The first-order chi connectivity index (χ1) is 20.1. The largest absolute Gasteiger partial charge is 0.444 e. The third-order valence-corrected chi connectivity index (χ3v) is 8.20. The highest BCUT2D eigenvalue weighted by atomic mass is 19.1. The number of amides is 1. The van der Waals surface area contributed by atoms with Gasteiger partial charge in [-0.2, -0.15) is 4.98 Å². The van der Waals surface area contributed by atoms with E-state index in [0.717, 1.165) is 67.2 Å². The van der Waals surface area contributed by atoms with Crippen molar-refractivity contribution in [2.45, 2.75) is 90.5 Å². The van der Waals surface area contributed by atoms with E-state index in [2.05, 4.69) is 26.7 Å². The number of hydrogen-bond acceptors (Lipinski definition) is 7. The lowest BCUT2D eigenvalue weighted by molar-refractivity contribution is 0.0139. The molecule has 3 heterocycles. The fourth-order valence-electron chi connectivity index (χ4n) is 5.87. The van der Waals surface area contributed by atoms with Crippen molar-refractivity contribution < 1.29 is 19.0 Å². The zero-order valence-electron chi connectivity index (χ0n) is 25.4. The van der Waals surface area contributed by atoms with Crippen LogP contribution < -0.4 is 5.32 Å². The van der Waals surface area contributed by atoms with E-state index in [1.165, 1.54) is 0 Å². The van der Waals surface area contributed by atoms with Crippen LogP contribution in [0.3, 0.4) is 0 Å². The molecular formula is C32H45FN6O3. The smallest absolute Gasteiger partial charge is 0.410 e. The van der Waals surface area contributed by atoms with Gasteiger partial charge in [-0.25, -0.2) is 14.2 Å². The van der Waals surface area contributed by atoms with Gasteiger partial charge in [0.2, 0.25) is 5.95 Å². The maximum Gasteiger partial charge on any atom is 0.410 e. The second kappa shape index (κ2) is 13.0. The Hall–Kier alpha value is -3.24. The molecule has 0 unspecified atom stereocenters. The minimum Gasteiger partial charge on any atom is -0.444 e. The molecule has 0 bridgehead atoms. The van der Waals surface area contributed by atoms with Gasteiger partial charge in [0.1, 0.15) is 17.1 Å². The Bertz CT molecular complexity index is 1370. The van der Waals surface area contributed by atoms with Crippen molar-refractivity contribution >= 4 is 23.1 Å². The van der Waals surface area contributed by atoms with Crippen LogP contribution in [-0.2, 0) is 11.3 Å². The Morgan fingerprint density at radius 3 is 2.52 bits per heavy atom. The lowest BCUT2D eigenvalue weighted by Crippen LogP contribution is -2.49. The molecule has 0 radical (unpaired) electrons. The maximum atomic E-state index is 15.7. The van der Waals surface area contributed by atoms with Crippen LogP contribution in [0.4, 0.5) is 15.1 Å². The molecule has 2 aliphatic rings. The summed E-state index contributed by atoms with van der Waals surface area (Å²) in [5.41, 5.74) is 2.49. The van der Waals surface area contributed by atoms with Gasteiger partial charge < -0.3 is 24.6 Å². The minimum atomic E-state index is -0.515. The molecule has 1 amide bonds. The summed E-state index contributed by atoms with van der Waals surface area (Å²) in [4.78, 5) is 25.8. The van der Waals surface area contributed by atoms with Crippen LogP contribution in [-0.4, -0.2) is 80.0 Å². The van der Waals surface area contributed by atoms with E-state index in [1.807, 2.05) is 39.1 Å². The number of hydrogen-bond donors (Lipinski definition) is 2. The van der Waals surface area contributed by atoms with Crippen molar-refractivity contribution in [3.63, 3.8) is 0 Å². The Morgan fingerprint density at radius 1 is 1.12 bits per heavy atom. The van der Waals surface area contributed by atoms with Crippen LogP contribution in [0.5, 0.6) is 0 Å². The monoisotopic (exact) mass is 580 g/mol. The van der Waals surface area contributed by atoms with Crippen molar-refractivity contribution in [2.75, 3.05) is 38.0 Å². The summed E-state index contributed by atoms with van der Waals surface area (Å²) < 4.78 is 23.4. The van der Waals surface area contributed by atoms with Crippen LogP contribution in [0.15, 0.2) is 30.6 Å². The first-order valence-corrected chi connectivity index (χ1v) is 15.4. The molecule has 1 aromatic carbocycles. The third kappa shape index (κ3) is 7.21. The predicted molar refractivity (Wildman–Crippen MR) is 163 cm³/mol. The molecule has 3 aromatic rings. The van der Waals surface area contributed by atoms with Crippen LogP contribution in [0.2, 0.25) is 0 Å². The summed E-state index contributed by atoms with van der Waals surface area (Å²) >= 11 is 0. The molecule has 2 fully saturated rings. The molecule has 1 saturated heterocycles. The van der Waals surface area contributed by atoms with Crippen molar-refractivity contribution in [1.29, 1.82) is 0 Å². The SMILES string of the molecule is CCCCNc1ncc2c(-c3ccc(CN4CCN(C(=O)OC(C)(C)C)CC4)cc3F)cn(C3CCC(O)CC3)c2n1. The molecule has 2 N–H and O–H groups in total. The molecule has 10 heteroatoms. The molecule has 0 spiro atoms. The first kappa shape index (κ1) is 30.2. The second-order valence-corrected chi connectivity index (χ2v) is 12.7. The van der Waals surface area contributed by atoms with Gasteiger partial charge in [-0.3, -0.25) is 4.90 Å². The molecule has 1 aliphatic heterocycles. The van der Waals surface area contributed by atoms with Gasteiger partial charge in [-0.15, -0.1) is 0 Å². The average molecular weight is 581 g/mol. The summed E-state index contributed by atoms with van der Waals surface area (Å²) in [7, 11) is 0. The second-order valence-electron chi connectivity index (χ2n) is 12.7. The van der Waals surface area contributed by atoms with Gasteiger partial charge >= 0.3 is 6.09 Å². The quantitative estimate of drug-likeness (QED) is 0.317. The number of fused-ring (bicyclic) bond motifs is 1. The summed E-state index contributed by atoms with van der Waals surface area (Å²) in [6.45, 7) is 11.8. The van der Waals surface area contributed by atoms with Gasteiger partial charge in [0.25, 0.3) is 0 Å². The number of anilines is 1. The lowest BCUT2D eigenvalue weighted by atomic mass is 9.93. The molecule has 228 valence electrons. The standard InChI is InChI=1S/C32H45FN6O3/c1-5-6-13-34-30-35-19-26-27(21-39(29(26)36-30)23-8-10-24(40)11-9-23)25-12-7-22(18-28(25)33)20-37-14-16-38(17-15-37)31(41)42-32(2,3)4/h7,12,18-19,21,23-24,40H,5-6,8-11,13-17,20H2,1-4H3,(H,34,35,36). The fourth-order valence-corrected chi connectivity index (χ4v) is 5.87. The number of rotatable bonds is 8. The molecule has 5 rings (SSSR count). The molecule has 1 saturated carbocycles. The summed E-state index contributed by atoms with van der Waals surface area (Å²) in [5.74, 6) is 0.309. The highest BCUT2D eigenvalue weighted by Crippen LogP contribution is 2.37. The van der Waals surface area contributed by atoms with Crippen LogP contribution in [0.1, 0.15) is 77.8 Å². The highest BCUT2D eigenvalue weighted by Gasteiger charge is 2.27. The number of nitrogens with one attached hydrogen (secondary N) is 1. The predicted octanol–water partition coefficient (Wildman–Crippen LogP) is 5.98. The van der Waals surface area contributed by atoms with Crippen LogP contribution in [0.25, 0.3) is 22.2 Å². The number of aliphatic hydroxyl groups is 1. The number of aliphatic hydroxyl groups excluding tert-OH is 1. The van der Waals surface area contributed by atoms with Gasteiger partial charge in [0.05, 0.1) is 6.10 Å². The van der Waals surface area contributed by atoms with Crippen molar-refractivity contribution in [3.05, 3.63) is 42.0 Å². The topological polar surface area (TPSA) is 95.8 Å². The number of nitrogens with zero attached hydrogens (tertiary/aromatic N) is 5. The number of aromatic nitrogens is 3. The summed E-state index contributed by atoms with van der Waals surface area (Å²) in [5, 5.41) is 14.2. The lowest BCUT2D eigenvalue weighted by Gasteiger charge is -2.35. The van der Waals surface area contributed by atoms with Crippen LogP contribution in [0, 0.1) is 5.82 Å². The average Bonchev–Trinajstić information content (AvgIpc) is 3.32.